The summed E-state index contributed by atoms with van der Waals surface area (Å²) in [4.78, 5) is 20.4. The Hall–Kier alpha value is -2.25. The van der Waals surface area contributed by atoms with Gasteiger partial charge in [0, 0.05) is 43.4 Å². The zero-order chi connectivity index (χ0) is 14.4. The van der Waals surface area contributed by atoms with Crippen LogP contribution < -0.4 is 10.6 Å². The molecule has 2 N–H and O–H groups in total. The molecule has 0 aliphatic carbocycles. The number of rotatable bonds is 6. The van der Waals surface area contributed by atoms with Crippen LogP contribution in [0.15, 0.2) is 18.2 Å². The number of hydrogen-bond donors (Lipinski definition) is 2. The third-order valence-electron chi connectivity index (χ3n) is 2.30. The van der Waals surface area contributed by atoms with Crippen LogP contribution in [0.2, 0.25) is 0 Å². The molecule has 1 aromatic rings. The lowest BCUT2D eigenvalue weighted by Gasteiger charge is -2.11. The van der Waals surface area contributed by atoms with Gasteiger partial charge in [0.2, 0.25) is 5.91 Å². The van der Waals surface area contributed by atoms with E-state index in [-0.39, 0.29) is 30.4 Å². The van der Waals surface area contributed by atoms with Gasteiger partial charge in [-0.2, -0.15) is 0 Å². The first-order valence-electron chi connectivity index (χ1n) is 5.46. The maximum Gasteiger partial charge on any atom is 0.270 e. The zero-order valence-electron chi connectivity index (χ0n) is 10.2. The van der Waals surface area contributed by atoms with Crippen molar-refractivity contribution in [2.24, 2.45) is 0 Å². The molecule has 0 aromatic heterocycles. The summed E-state index contributed by atoms with van der Waals surface area (Å²) in [5.74, 6) is -0.223. The molecular weight excluding hydrogens is 260 g/mol. The summed E-state index contributed by atoms with van der Waals surface area (Å²) in [7, 11) is 0. The number of carbonyl (C=O) groups excluding carboxylic acids is 1. The van der Waals surface area contributed by atoms with E-state index in [1.807, 2.05) is 0 Å². The van der Waals surface area contributed by atoms with Crippen LogP contribution in [0.3, 0.4) is 0 Å². The topological polar surface area (TPSA) is 84.3 Å². The molecule has 0 heterocycles. The van der Waals surface area contributed by atoms with E-state index < -0.39 is 16.9 Å². The van der Waals surface area contributed by atoms with Gasteiger partial charge in [-0.3, -0.25) is 14.9 Å². The van der Waals surface area contributed by atoms with Crippen molar-refractivity contribution in [2.45, 2.75) is 13.3 Å². The van der Waals surface area contributed by atoms with E-state index in [0.717, 1.165) is 12.1 Å². The third kappa shape index (κ3) is 4.49. The van der Waals surface area contributed by atoms with E-state index in [9.17, 15) is 23.7 Å². The average molecular weight is 273 g/mol. The molecule has 0 radical (unpaired) electrons. The molecular formula is C11H13F2N3O3. The molecule has 104 valence electrons. The van der Waals surface area contributed by atoms with Crippen molar-refractivity contribution in [1.82, 2.24) is 5.32 Å². The molecule has 0 atom stereocenters. The number of amides is 1. The Balaban J connectivity index is 2.76. The molecule has 1 aromatic carbocycles. The lowest BCUT2D eigenvalue weighted by molar-refractivity contribution is -0.385. The van der Waals surface area contributed by atoms with Gasteiger partial charge in [-0.15, -0.1) is 0 Å². The number of benzene rings is 1. The Bertz CT molecular complexity index is 480. The van der Waals surface area contributed by atoms with E-state index in [1.165, 1.54) is 13.0 Å². The second-order valence-electron chi connectivity index (χ2n) is 3.74. The van der Waals surface area contributed by atoms with E-state index in [4.69, 9.17) is 0 Å². The largest absolute Gasteiger partial charge is 0.383 e. The predicted molar refractivity (Wildman–Crippen MR) is 65.2 cm³/mol. The van der Waals surface area contributed by atoms with Gasteiger partial charge in [-0.1, -0.05) is 0 Å². The molecule has 1 rings (SSSR count). The third-order valence-corrected chi connectivity index (χ3v) is 2.30. The van der Waals surface area contributed by atoms with E-state index in [0.29, 0.717) is 0 Å². The zero-order valence-corrected chi connectivity index (χ0v) is 10.2. The lowest BCUT2D eigenvalue weighted by atomic mass is 10.1. The first kappa shape index (κ1) is 14.8. The highest BCUT2D eigenvalue weighted by Gasteiger charge is 2.17. The molecule has 0 bridgehead atoms. The van der Waals surface area contributed by atoms with Crippen molar-refractivity contribution in [1.29, 1.82) is 0 Å². The highest BCUT2D eigenvalue weighted by molar-refractivity contribution is 5.72. The number of anilines is 1. The first-order chi connectivity index (χ1) is 8.91. The van der Waals surface area contributed by atoms with Gasteiger partial charge in [0.25, 0.3) is 12.1 Å². The Kier molecular flexibility index (Phi) is 5.16. The highest BCUT2D eigenvalue weighted by atomic mass is 19.3. The van der Waals surface area contributed by atoms with Crippen LogP contribution in [-0.2, 0) is 4.79 Å². The second-order valence-corrected chi connectivity index (χ2v) is 3.74. The minimum absolute atomic E-state index is 0.117. The van der Waals surface area contributed by atoms with Gasteiger partial charge in [0.15, 0.2) is 0 Å². The Morgan fingerprint density at radius 3 is 2.63 bits per heavy atom. The highest BCUT2D eigenvalue weighted by Crippen LogP contribution is 2.30. The van der Waals surface area contributed by atoms with Crippen LogP contribution in [0.1, 0.15) is 18.9 Å². The normalized spacial score (nSPS) is 10.3. The number of carbonyl (C=O) groups is 1. The minimum atomic E-state index is -2.82. The Morgan fingerprint density at radius 2 is 2.11 bits per heavy atom. The second kappa shape index (κ2) is 6.62. The van der Waals surface area contributed by atoms with Crippen molar-refractivity contribution in [3.05, 3.63) is 33.9 Å². The van der Waals surface area contributed by atoms with Crippen molar-refractivity contribution in [3.8, 4) is 0 Å². The molecule has 8 heteroatoms. The molecule has 0 spiro atoms. The van der Waals surface area contributed by atoms with Crippen LogP contribution in [0.4, 0.5) is 20.2 Å². The van der Waals surface area contributed by atoms with Crippen molar-refractivity contribution in [3.63, 3.8) is 0 Å². The van der Waals surface area contributed by atoms with Crippen LogP contribution in [-0.4, -0.2) is 23.9 Å². The van der Waals surface area contributed by atoms with E-state index >= 15 is 0 Å². The number of nitrogens with zero attached hydrogens (tertiary/aromatic N) is 1. The summed E-state index contributed by atoms with van der Waals surface area (Å²) >= 11 is 0. The van der Waals surface area contributed by atoms with Gasteiger partial charge in [0.05, 0.1) is 4.92 Å². The fourth-order valence-electron chi connectivity index (χ4n) is 1.44. The first-order valence-corrected chi connectivity index (χ1v) is 5.46. The summed E-state index contributed by atoms with van der Waals surface area (Å²) in [5, 5.41) is 15.7. The molecule has 1 amide bonds. The maximum atomic E-state index is 12.8. The van der Waals surface area contributed by atoms with Crippen molar-refractivity contribution in [2.75, 3.05) is 18.4 Å². The van der Waals surface area contributed by atoms with E-state index in [1.54, 1.807) is 0 Å². The Morgan fingerprint density at radius 1 is 1.42 bits per heavy atom. The average Bonchev–Trinajstić information content (AvgIpc) is 2.34. The summed E-state index contributed by atoms with van der Waals surface area (Å²) in [5.41, 5.74) is -0.703. The molecule has 0 aliphatic rings. The molecule has 0 saturated carbocycles. The fourth-order valence-corrected chi connectivity index (χ4v) is 1.44. The quantitative estimate of drug-likeness (QED) is 0.472. The molecule has 0 aliphatic heterocycles. The van der Waals surface area contributed by atoms with Gasteiger partial charge in [-0.05, 0) is 6.07 Å². The number of hydrogen-bond acceptors (Lipinski definition) is 4. The lowest BCUT2D eigenvalue weighted by Crippen LogP contribution is -2.26. The smallest absolute Gasteiger partial charge is 0.270 e. The van der Waals surface area contributed by atoms with Gasteiger partial charge in [-0.25, -0.2) is 8.78 Å². The molecule has 19 heavy (non-hydrogen) atoms. The summed E-state index contributed by atoms with van der Waals surface area (Å²) in [6, 6.07) is 3.21. The fraction of sp³-hybridized carbons (Fsp3) is 0.364. The maximum absolute atomic E-state index is 12.8. The summed E-state index contributed by atoms with van der Waals surface area (Å²) in [6.45, 7) is 1.86. The van der Waals surface area contributed by atoms with Crippen LogP contribution in [0.5, 0.6) is 0 Å². The Labute approximate surface area is 108 Å². The molecule has 0 fully saturated rings. The standard InChI is InChI=1S/C11H13F2N3O3/c1-7(17)14-4-5-15-10-3-2-8(16(18)19)6-9(10)11(12)13/h2-3,6,11,15H,4-5H2,1H3,(H,14,17). The molecule has 0 saturated heterocycles. The SMILES string of the molecule is CC(=O)NCCNc1ccc([N+](=O)[O-])cc1C(F)F. The number of non-ortho nitro benzene ring substituents is 1. The van der Waals surface area contributed by atoms with Crippen molar-refractivity contribution >= 4 is 17.3 Å². The number of nitro benzene ring substituents is 1. The predicted octanol–water partition coefficient (Wildman–Crippen LogP) is 2.08. The number of nitro groups is 1. The number of nitrogens with one attached hydrogen (secondary N) is 2. The molecule has 6 nitrogen and oxygen atoms in total. The van der Waals surface area contributed by atoms with E-state index in [2.05, 4.69) is 10.6 Å². The minimum Gasteiger partial charge on any atom is -0.383 e. The summed E-state index contributed by atoms with van der Waals surface area (Å²) in [6.07, 6.45) is -2.82. The monoisotopic (exact) mass is 273 g/mol. The number of alkyl halides is 2. The van der Waals surface area contributed by atoms with Crippen LogP contribution >= 0.6 is 0 Å². The summed E-state index contributed by atoms with van der Waals surface area (Å²) < 4.78 is 25.6. The molecule has 0 unspecified atom stereocenters. The number of halogens is 2. The van der Waals surface area contributed by atoms with Crippen LogP contribution in [0.25, 0.3) is 0 Å². The van der Waals surface area contributed by atoms with Crippen LogP contribution in [0, 0.1) is 10.1 Å². The van der Waals surface area contributed by atoms with Crippen molar-refractivity contribution < 1.29 is 18.5 Å². The van der Waals surface area contributed by atoms with Gasteiger partial charge in [0.1, 0.15) is 0 Å². The van der Waals surface area contributed by atoms with Gasteiger partial charge >= 0.3 is 0 Å². The van der Waals surface area contributed by atoms with Gasteiger partial charge < -0.3 is 10.6 Å².